The van der Waals surface area contributed by atoms with Gasteiger partial charge in [-0.3, -0.25) is 0 Å². The van der Waals surface area contributed by atoms with Crippen LogP contribution < -0.4 is 5.32 Å². The minimum absolute atomic E-state index is 0.123. The van der Waals surface area contributed by atoms with E-state index in [1.807, 2.05) is 19.9 Å². The average molecular weight is 462 g/mol. The molecule has 0 bridgehead atoms. The Morgan fingerprint density at radius 3 is 2.71 bits per heavy atom. The van der Waals surface area contributed by atoms with Gasteiger partial charge in [0.2, 0.25) is 10.0 Å². The Hall–Kier alpha value is -2.43. The summed E-state index contributed by atoms with van der Waals surface area (Å²) in [6, 6.07) is 6.89. The molecule has 1 aliphatic heterocycles. The number of benzene rings is 1. The van der Waals surface area contributed by atoms with Crippen molar-refractivity contribution in [2.75, 3.05) is 18.4 Å². The van der Waals surface area contributed by atoms with Gasteiger partial charge in [-0.25, -0.2) is 27.8 Å². The van der Waals surface area contributed by atoms with Crippen LogP contribution in [-0.2, 0) is 16.4 Å². The van der Waals surface area contributed by atoms with E-state index in [0.29, 0.717) is 31.2 Å². The van der Waals surface area contributed by atoms with Crippen LogP contribution in [0.2, 0.25) is 0 Å². The van der Waals surface area contributed by atoms with Crippen molar-refractivity contribution in [2.45, 2.75) is 38.0 Å². The molecule has 0 saturated carbocycles. The van der Waals surface area contributed by atoms with E-state index in [-0.39, 0.29) is 10.8 Å². The summed E-state index contributed by atoms with van der Waals surface area (Å²) >= 11 is 1.55. The number of halogens is 1. The summed E-state index contributed by atoms with van der Waals surface area (Å²) in [5, 5.41) is 4.00. The van der Waals surface area contributed by atoms with Crippen molar-refractivity contribution in [3.05, 3.63) is 58.7 Å². The van der Waals surface area contributed by atoms with Gasteiger partial charge in [-0.2, -0.15) is 4.31 Å². The lowest BCUT2D eigenvalue weighted by atomic mass is 9.94. The predicted molar refractivity (Wildman–Crippen MR) is 118 cm³/mol. The summed E-state index contributed by atoms with van der Waals surface area (Å²) in [4.78, 5) is 14.5. The molecule has 0 spiro atoms. The quantitative estimate of drug-likeness (QED) is 0.595. The van der Waals surface area contributed by atoms with Crippen LogP contribution in [0.15, 0.2) is 41.4 Å². The van der Waals surface area contributed by atoms with Gasteiger partial charge < -0.3 is 5.32 Å². The Labute approximate surface area is 185 Å². The van der Waals surface area contributed by atoms with Crippen LogP contribution in [0.1, 0.15) is 29.2 Å². The van der Waals surface area contributed by atoms with Gasteiger partial charge in [-0.15, -0.1) is 11.3 Å². The number of hydrogen-bond donors (Lipinski definition) is 1. The summed E-state index contributed by atoms with van der Waals surface area (Å²) in [5.74, 6) is 1.03. The van der Waals surface area contributed by atoms with Gasteiger partial charge in [0, 0.05) is 35.9 Å². The molecule has 7 nitrogen and oxygen atoms in total. The molecule has 3 aromatic rings. The molecule has 1 aliphatic rings. The largest absolute Gasteiger partial charge is 0.316 e. The van der Waals surface area contributed by atoms with Crippen LogP contribution in [0.4, 0.5) is 15.3 Å². The smallest absolute Gasteiger partial charge is 0.243 e. The summed E-state index contributed by atoms with van der Waals surface area (Å²) < 4.78 is 40.6. The molecular weight excluding hydrogens is 437 g/mol. The number of nitrogens with zero attached hydrogens (tertiary/aromatic N) is 4. The van der Waals surface area contributed by atoms with Crippen LogP contribution in [-0.4, -0.2) is 40.8 Å². The molecule has 1 atom stereocenters. The molecule has 3 heterocycles. The van der Waals surface area contributed by atoms with Crippen molar-refractivity contribution < 1.29 is 12.8 Å². The van der Waals surface area contributed by atoms with Crippen LogP contribution in [0.5, 0.6) is 0 Å². The van der Waals surface area contributed by atoms with E-state index in [1.54, 1.807) is 17.5 Å². The number of sulfonamides is 1. The second kappa shape index (κ2) is 8.97. The van der Waals surface area contributed by atoms with Gasteiger partial charge in [0.25, 0.3) is 0 Å². The Morgan fingerprint density at radius 2 is 2.00 bits per heavy atom. The molecule has 1 N–H and O–H groups in total. The third-order valence-corrected chi connectivity index (χ3v) is 7.89. The van der Waals surface area contributed by atoms with Crippen LogP contribution in [0.3, 0.4) is 0 Å². The first-order valence-electron chi connectivity index (χ1n) is 10.1. The first-order valence-corrected chi connectivity index (χ1v) is 12.3. The molecule has 0 amide bonds. The Kier molecular flexibility index (Phi) is 6.31. The fraction of sp³-hybridized carbons (Fsp3) is 0.381. The molecule has 4 rings (SSSR count). The predicted octanol–water partition coefficient (Wildman–Crippen LogP) is 4.08. The maximum absolute atomic E-state index is 13.2. The van der Waals surface area contributed by atoms with Crippen LogP contribution >= 0.6 is 11.3 Å². The number of hydrogen-bond acceptors (Lipinski definition) is 7. The number of aromatic nitrogens is 3. The second-order valence-electron chi connectivity index (χ2n) is 7.72. The lowest BCUT2D eigenvalue weighted by Crippen LogP contribution is -2.40. The molecule has 0 aliphatic carbocycles. The first-order chi connectivity index (χ1) is 14.8. The molecular formula is C21H24FN5O2S2. The second-order valence-corrected chi connectivity index (χ2v) is 10.9. The van der Waals surface area contributed by atoms with E-state index in [2.05, 4.69) is 20.3 Å². The Balaban J connectivity index is 1.47. The number of aryl methyl sites for hydroxylation is 2. The van der Waals surface area contributed by atoms with E-state index >= 15 is 0 Å². The molecule has 10 heteroatoms. The number of nitrogens with one attached hydrogen (secondary N) is 1. The van der Waals surface area contributed by atoms with Crippen LogP contribution in [0.25, 0.3) is 0 Å². The van der Waals surface area contributed by atoms with Gasteiger partial charge in [-0.05, 0) is 63.3 Å². The van der Waals surface area contributed by atoms with Crippen molar-refractivity contribution in [3.63, 3.8) is 0 Å². The minimum atomic E-state index is -3.64. The van der Waals surface area contributed by atoms with Crippen LogP contribution in [0, 0.1) is 25.6 Å². The third-order valence-electron chi connectivity index (χ3n) is 5.18. The fourth-order valence-corrected chi connectivity index (χ4v) is 6.01. The molecule has 1 saturated heterocycles. The Bertz CT molecular complexity index is 1160. The highest BCUT2D eigenvalue weighted by atomic mass is 32.2. The highest BCUT2D eigenvalue weighted by Crippen LogP contribution is 2.27. The van der Waals surface area contributed by atoms with E-state index in [0.717, 1.165) is 28.5 Å². The molecule has 1 aromatic carbocycles. The molecule has 1 fully saturated rings. The summed E-state index contributed by atoms with van der Waals surface area (Å²) in [6.45, 7) is 4.72. The number of thiazole rings is 1. The van der Waals surface area contributed by atoms with Crippen molar-refractivity contribution in [3.8, 4) is 0 Å². The molecule has 2 aromatic heterocycles. The third kappa shape index (κ3) is 5.25. The zero-order valence-electron chi connectivity index (χ0n) is 17.4. The van der Waals surface area contributed by atoms with E-state index in [4.69, 9.17) is 0 Å². The lowest BCUT2D eigenvalue weighted by Gasteiger charge is -2.32. The van der Waals surface area contributed by atoms with Crippen molar-refractivity contribution in [1.82, 2.24) is 19.3 Å². The monoisotopic (exact) mass is 461 g/mol. The normalized spacial score (nSPS) is 17.6. The molecule has 31 heavy (non-hydrogen) atoms. The number of anilines is 2. The van der Waals surface area contributed by atoms with Gasteiger partial charge in [-0.1, -0.05) is 0 Å². The van der Waals surface area contributed by atoms with Crippen molar-refractivity contribution in [2.24, 2.45) is 5.92 Å². The van der Waals surface area contributed by atoms with E-state index in [9.17, 15) is 12.8 Å². The first kappa shape index (κ1) is 21.8. The topological polar surface area (TPSA) is 88.1 Å². The maximum atomic E-state index is 13.2. The van der Waals surface area contributed by atoms with Gasteiger partial charge in [0.15, 0.2) is 5.13 Å². The van der Waals surface area contributed by atoms with Gasteiger partial charge >= 0.3 is 0 Å². The number of rotatable bonds is 6. The molecule has 164 valence electrons. The van der Waals surface area contributed by atoms with E-state index in [1.165, 1.54) is 28.6 Å². The summed E-state index contributed by atoms with van der Waals surface area (Å²) in [5.41, 5.74) is 0.870. The fourth-order valence-electron chi connectivity index (χ4n) is 3.78. The zero-order chi connectivity index (χ0) is 22.0. The highest BCUT2D eigenvalue weighted by molar-refractivity contribution is 7.89. The molecule has 0 radical (unpaired) electrons. The highest BCUT2D eigenvalue weighted by Gasteiger charge is 2.30. The number of piperidine rings is 1. The van der Waals surface area contributed by atoms with E-state index < -0.39 is 15.8 Å². The minimum Gasteiger partial charge on any atom is -0.316 e. The Morgan fingerprint density at radius 1 is 1.23 bits per heavy atom. The standard InChI is InChI=1S/C21H24FN5O2S2/c1-14-12-23-21(30-14)26-20-11-18(24-15(2)25-20)10-16-4-3-9-27(13-16)31(28,29)19-7-5-17(22)6-8-19/h5-8,11-12,16H,3-4,9-10,13H2,1-2H3,(H,23,24,25,26). The summed E-state index contributed by atoms with van der Waals surface area (Å²) in [6.07, 6.45) is 4.16. The van der Waals surface area contributed by atoms with Gasteiger partial charge in [0.1, 0.15) is 17.5 Å². The maximum Gasteiger partial charge on any atom is 0.243 e. The lowest BCUT2D eigenvalue weighted by molar-refractivity contribution is 0.264. The zero-order valence-corrected chi connectivity index (χ0v) is 19.0. The average Bonchev–Trinajstić information content (AvgIpc) is 3.12. The van der Waals surface area contributed by atoms with Crippen molar-refractivity contribution >= 4 is 32.3 Å². The molecule has 1 unspecified atom stereocenters. The van der Waals surface area contributed by atoms with Gasteiger partial charge in [0.05, 0.1) is 4.90 Å². The SMILES string of the molecule is Cc1nc(CC2CCCN(S(=O)(=O)c3ccc(F)cc3)C2)cc(Nc2ncc(C)s2)n1. The summed E-state index contributed by atoms with van der Waals surface area (Å²) in [7, 11) is -3.64. The van der Waals surface area contributed by atoms with Crippen molar-refractivity contribution in [1.29, 1.82) is 0 Å².